The predicted octanol–water partition coefficient (Wildman–Crippen LogP) is 2.48. The van der Waals surface area contributed by atoms with Crippen molar-refractivity contribution in [2.24, 2.45) is 5.92 Å². The van der Waals surface area contributed by atoms with Crippen LogP contribution in [0.5, 0.6) is 0 Å². The van der Waals surface area contributed by atoms with E-state index < -0.39 is 5.97 Å². The maximum atomic E-state index is 11.6. The number of carbonyl (C=O) groups excluding carboxylic acids is 2. The second-order valence-corrected chi connectivity index (χ2v) is 4.40. The zero-order valence-corrected chi connectivity index (χ0v) is 11.1. The number of hydrogen-bond acceptors (Lipinski definition) is 3. The Morgan fingerprint density at radius 1 is 1.27 bits per heavy atom. The molecule has 0 aromatic heterocycles. The van der Waals surface area contributed by atoms with Crippen molar-refractivity contribution in [3.63, 3.8) is 0 Å². The zero-order chi connectivity index (χ0) is 12.0. The van der Waals surface area contributed by atoms with Crippen molar-refractivity contribution in [1.82, 2.24) is 0 Å². The van der Waals surface area contributed by atoms with Crippen LogP contribution >= 0.6 is 15.9 Å². The quantitative estimate of drug-likeness (QED) is 0.255. The molecule has 0 saturated heterocycles. The molecule has 0 unspecified atom stereocenters. The van der Waals surface area contributed by atoms with E-state index in [9.17, 15) is 9.59 Å². The summed E-state index contributed by atoms with van der Waals surface area (Å²) in [5.74, 6) is -0.639. The highest BCUT2D eigenvalue weighted by Gasteiger charge is 2.19. The summed E-state index contributed by atoms with van der Waals surface area (Å²) in [6, 6.07) is 0. The van der Waals surface area contributed by atoms with E-state index in [1.165, 1.54) is 0 Å². The van der Waals surface area contributed by atoms with Gasteiger partial charge in [-0.05, 0) is 19.8 Å². The molecule has 0 aromatic carbocycles. The summed E-state index contributed by atoms with van der Waals surface area (Å²) in [6.45, 7) is 7.32. The monoisotopic (exact) mass is 276 g/mol. The lowest BCUT2D eigenvalue weighted by Gasteiger charge is -2.10. The summed E-state index contributed by atoms with van der Waals surface area (Å²) in [5.41, 5.74) is 0.135. The first-order valence-corrected chi connectivity index (χ1v) is 6.02. The number of ether oxygens (including phenoxy) is 1. The number of rotatable bonds is 5. The molecule has 15 heavy (non-hydrogen) atoms. The van der Waals surface area contributed by atoms with Crippen LogP contribution < -0.4 is 0 Å². The molecule has 0 rings (SSSR count). The predicted molar refractivity (Wildman–Crippen MR) is 63.0 cm³/mol. The Hall–Kier alpha value is -0.640. The lowest BCUT2D eigenvalue weighted by Crippen LogP contribution is -2.20. The average Bonchev–Trinajstić information content (AvgIpc) is 2.11. The van der Waals surface area contributed by atoms with Gasteiger partial charge in [-0.3, -0.25) is 4.79 Å². The minimum absolute atomic E-state index is 0.135. The van der Waals surface area contributed by atoms with E-state index in [0.29, 0.717) is 0 Å². The van der Waals surface area contributed by atoms with Crippen LogP contribution in [0.3, 0.4) is 0 Å². The van der Waals surface area contributed by atoms with Crippen molar-refractivity contribution < 1.29 is 14.3 Å². The van der Waals surface area contributed by atoms with Gasteiger partial charge in [0.25, 0.3) is 0 Å². The van der Waals surface area contributed by atoms with Crippen LogP contribution in [0.2, 0.25) is 0 Å². The van der Waals surface area contributed by atoms with Gasteiger partial charge in [-0.25, -0.2) is 4.79 Å². The van der Waals surface area contributed by atoms with E-state index >= 15 is 0 Å². The number of alkyl halides is 1. The third kappa shape index (κ3) is 5.72. The highest BCUT2D eigenvalue weighted by Crippen LogP contribution is 2.09. The second-order valence-electron chi connectivity index (χ2n) is 3.84. The smallest absolute Gasteiger partial charge is 0.341 e. The first-order valence-electron chi connectivity index (χ1n) is 4.90. The van der Waals surface area contributed by atoms with E-state index in [-0.39, 0.29) is 28.7 Å². The second kappa shape index (κ2) is 6.77. The molecule has 0 N–H and O–H groups in total. The zero-order valence-electron chi connectivity index (χ0n) is 9.54. The summed E-state index contributed by atoms with van der Waals surface area (Å²) < 4.78 is 4.99. The highest BCUT2D eigenvalue weighted by molar-refractivity contribution is 9.09. The van der Waals surface area contributed by atoms with Crippen LogP contribution in [-0.4, -0.2) is 23.2 Å². The molecule has 0 radical (unpaired) electrons. The van der Waals surface area contributed by atoms with Gasteiger partial charge in [0.1, 0.15) is 0 Å². The Balaban J connectivity index is 4.79. The van der Waals surface area contributed by atoms with Gasteiger partial charge in [0.15, 0.2) is 5.78 Å². The Labute approximate surface area is 99.0 Å². The number of halogens is 1. The summed E-state index contributed by atoms with van der Waals surface area (Å²) >= 11 is 3.04. The number of esters is 1. The molecule has 0 amide bonds. The van der Waals surface area contributed by atoms with Crippen molar-refractivity contribution >= 4 is 27.7 Å². The lowest BCUT2D eigenvalue weighted by atomic mass is 10.1. The fourth-order valence-electron chi connectivity index (χ4n) is 0.958. The fourth-order valence-corrected chi connectivity index (χ4v) is 1.26. The van der Waals surface area contributed by atoms with Crippen LogP contribution in [0.1, 0.15) is 27.7 Å². The number of allylic oxidation sites excluding steroid dienone is 1. The van der Waals surface area contributed by atoms with Crippen molar-refractivity contribution in [3.8, 4) is 0 Å². The average molecular weight is 277 g/mol. The Morgan fingerprint density at radius 3 is 2.13 bits per heavy atom. The van der Waals surface area contributed by atoms with Crippen LogP contribution in [0.25, 0.3) is 0 Å². The molecule has 4 heteroatoms. The van der Waals surface area contributed by atoms with E-state index in [1.54, 1.807) is 19.9 Å². The standard InChI is InChI=1S/C11H17BrO3/c1-7(2)5-9(10(13)6-12)11(14)15-8(3)4/h5,7-8H,6H2,1-4H3. The fraction of sp³-hybridized carbons (Fsp3) is 0.636. The molecular formula is C11H17BrO3. The van der Waals surface area contributed by atoms with Crippen molar-refractivity contribution in [1.29, 1.82) is 0 Å². The van der Waals surface area contributed by atoms with Gasteiger partial charge in [-0.2, -0.15) is 0 Å². The molecule has 0 heterocycles. The van der Waals surface area contributed by atoms with Gasteiger partial charge in [0.05, 0.1) is 17.0 Å². The molecule has 0 bridgehead atoms. The van der Waals surface area contributed by atoms with Gasteiger partial charge in [0, 0.05) is 0 Å². The maximum absolute atomic E-state index is 11.6. The largest absolute Gasteiger partial charge is 0.459 e. The number of ketones is 1. The molecule has 0 aliphatic rings. The van der Waals surface area contributed by atoms with Crippen LogP contribution in [-0.2, 0) is 14.3 Å². The van der Waals surface area contributed by atoms with Gasteiger partial charge < -0.3 is 4.74 Å². The SMILES string of the molecule is CC(C)C=C(C(=O)CBr)C(=O)OC(C)C. The molecule has 0 fully saturated rings. The molecule has 0 aromatic rings. The van der Waals surface area contributed by atoms with Crippen LogP contribution in [0.15, 0.2) is 11.6 Å². The topological polar surface area (TPSA) is 43.4 Å². The number of carbonyl (C=O) groups is 2. The first kappa shape index (κ1) is 14.4. The molecule has 0 spiro atoms. The van der Waals surface area contributed by atoms with E-state index in [0.717, 1.165) is 0 Å². The molecule has 86 valence electrons. The summed E-state index contributed by atoms with van der Waals surface area (Å²) in [4.78, 5) is 23.0. The minimum Gasteiger partial charge on any atom is -0.459 e. The highest BCUT2D eigenvalue weighted by atomic mass is 79.9. The van der Waals surface area contributed by atoms with E-state index in [2.05, 4.69) is 15.9 Å². The molecule has 0 aliphatic heterocycles. The Kier molecular flexibility index (Phi) is 6.48. The van der Waals surface area contributed by atoms with Crippen molar-refractivity contribution in [2.45, 2.75) is 33.8 Å². The summed E-state index contributed by atoms with van der Waals surface area (Å²) in [6.07, 6.45) is 1.42. The Morgan fingerprint density at radius 2 is 1.80 bits per heavy atom. The van der Waals surface area contributed by atoms with E-state index in [1.807, 2.05) is 13.8 Å². The van der Waals surface area contributed by atoms with Gasteiger partial charge >= 0.3 is 5.97 Å². The third-order valence-corrected chi connectivity index (χ3v) is 1.99. The van der Waals surface area contributed by atoms with Crippen LogP contribution in [0.4, 0.5) is 0 Å². The van der Waals surface area contributed by atoms with Crippen molar-refractivity contribution in [3.05, 3.63) is 11.6 Å². The molecular weight excluding hydrogens is 260 g/mol. The number of hydrogen-bond donors (Lipinski definition) is 0. The normalized spacial score (nSPS) is 12.1. The lowest BCUT2D eigenvalue weighted by molar-refractivity contribution is -0.143. The first-order chi connectivity index (χ1) is 6.88. The van der Waals surface area contributed by atoms with Gasteiger partial charge in [0.2, 0.25) is 0 Å². The maximum Gasteiger partial charge on any atom is 0.341 e. The van der Waals surface area contributed by atoms with E-state index in [4.69, 9.17) is 4.74 Å². The third-order valence-electron chi connectivity index (χ3n) is 1.48. The number of Topliss-reactive ketones (excluding diaryl/α,β-unsaturated/α-hetero) is 1. The van der Waals surface area contributed by atoms with Gasteiger partial charge in [-0.15, -0.1) is 0 Å². The molecule has 0 atom stereocenters. The Bertz CT molecular complexity index is 267. The molecule has 0 saturated carbocycles. The molecule has 3 nitrogen and oxygen atoms in total. The van der Waals surface area contributed by atoms with Crippen molar-refractivity contribution in [2.75, 3.05) is 5.33 Å². The minimum atomic E-state index is -0.539. The van der Waals surface area contributed by atoms with Crippen LogP contribution in [0, 0.1) is 5.92 Å². The van der Waals surface area contributed by atoms with Gasteiger partial charge in [-0.1, -0.05) is 35.9 Å². The summed E-state index contributed by atoms with van der Waals surface area (Å²) in [5, 5.41) is 0.138. The molecule has 0 aliphatic carbocycles. The summed E-state index contributed by atoms with van der Waals surface area (Å²) in [7, 11) is 0.